The quantitative estimate of drug-likeness (QED) is 0.548. The van der Waals surface area contributed by atoms with Crippen molar-refractivity contribution in [1.82, 2.24) is 0 Å². The average Bonchev–Trinajstić information content (AvgIpc) is 2.14. The van der Waals surface area contributed by atoms with E-state index < -0.39 is 22.7 Å². The molecule has 0 aliphatic heterocycles. The lowest BCUT2D eigenvalue weighted by molar-refractivity contribution is -0.157. The maximum Gasteiger partial charge on any atom is 0.319 e. The van der Waals surface area contributed by atoms with Gasteiger partial charge in [-0.05, 0) is 12.3 Å². The van der Waals surface area contributed by atoms with Crippen molar-refractivity contribution in [2.45, 2.75) is 38.5 Å². The Balaban J connectivity index is 5.21. The highest BCUT2D eigenvalue weighted by Gasteiger charge is 2.48. The first-order valence-electron chi connectivity index (χ1n) is 4.95. The number of rotatable bonds is 6. The van der Waals surface area contributed by atoms with Crippen LogP contribution in [0.3, 0.4) is 0 Å². The summed E-state index contributed by atoms with van der Waals surface area (Å²) in [6.07, 6.45) is 0.960. The van der Waals surface area contributed by atoms with Crippen molar-refractivity contribution < 1.29 is 19.8 Å². The van der Waals surface area contributed by atoms with Crippen LogP contribution in [0.1, 0.15) is 33.6 Å². The molecule has 2 unspecified atom stereocenters. The van der Waals surface area contributed by atoms with E-state index in [4.69, 9.17) is 21.8 Å². The first kappa shape index (κ1) is 14.2. The molecular formula is C10H17ClO4. The topological polar surface area (TPSA) is 74.6 Å². The maximum absolute atomic E-state index is 10.9. The SMILES string of the molecule is CCC(C)C(Cl)(CC)C(C(=O)O)C(=O)O. The minimum absolute atomic E-state index is 0.165. The minimum atomic E-state index is -1.56. The Kier molecular flexibility index (Phi) is 5.08. The van der Waals surface area contributed by atoms with E-state index in [1.165, 1.54) is 0 Å². The number of hydrogen-bond acceptors (Lipinski definition) is 2. The lowest BCUT2D eigenvalue weighted by Gasteiger charge is -2.34. The number of hydrogen-bond donors (Lipinski definition) is 2. The van der Waals surface area contributed by atoms with Crippen molar-refractivity contribution in [3.05, 3.63) is 0 Å². The second kappa shape index (κ2) is 5.35. The van der Waals surface area contributed by atoms with Crippen LogP contribution in [0, 0.1) is 11.8 Å². The number of carboxylic acid groups (broad SMARTS) is 2. The molecule has 0 aliphatic rings. The maximum atomic E-state index is 10.9. The number of carbonyl (C=O) groups is 2. The Hall–Kier alpha value is -0.770. The van der Waals surface area contributed by atoms with Crippen molar-refractivity contribution in [2.75, 3.05) is 0 Å². The number of carboxylic acids is 2. The molecule has 0 bridgehead atoms. The van der Waals surface area contributed by atoms with Crippen LogP contribution in [0.15, 0.2) is 0 Å². The van der Waals surface area contributed by atoms with Gasteiger partial charge in [0.05, 0.1) is 4.87 Å². The smallest absolute Gasteiger partial charge is 0.319 e. The summed E-state index contributed by atoms with van der Waals surface area (Å²) in [6.45, 7) is 5.34. The average molecular weight is 237 g/mol. The number of alkyl halides is 1. The summed E-state index contributed by atoms with van der Waals surface area (Å²) in [5.41, 5.74) is 0. The van der Waals surface area contributed by atoms with Gasteiger partial charge in [0.15, 0.2) is 5.92 Å². The molecule has 0 rings (SSSR count). The molecule has 0 spiro atoms. The summed E-state index contributed by atoms with van der Waals surface area (Å²) >= 11 is 6.17. The molecular weight excluding hydrogens is 220 g/mol. The largest absolute Gasteiger partial charge is 0.481 e. The lowest BCUT2D eigenvalue weighted by Crippen LogP contribution is -2.46. The van der Waals surface area contributed by atoms with Gasteiger partial charge in [-0.15, -0.1) is 11.6 Å². The van der Waals surface area contributed by atoms with Gasteiger partial charge >= 0.3 is 11.9 Å². The highest BCUT2D eigenvalue weighted by atomic mass is 35.5. The van der Waals surface area contributed by atoms with Gasteiger partial charge in [0.2, 0.25) is 0 Å². The fourth-order valence-corrected chi connectivity index (χ4v) is 2.03. The van der Waals surface area contributed by atoms with Gasteiger partial charge in [-0.25, -0.2) is 0 Å². The summed E-state index contributed by atoms with van der Waals surface area (Å²) in [5.74, 6) is -4.47. The molecule has 0 radical (unpaired) electrons. The van der Waals surface area contributed by atoms with E-state index in [0.29, 0.717) is 12.8 Å². The third-order valence-electron chi connectivity index (χ3n) is 2.95. The number of halogens is 1. The van der Waals surface area contributed by atoms with Gasteiger partial charge < -0.3 is 10.2 Å². The van der Waals surface area contributed by atoms with E-state index in [1.54, 1.807) is 13.8 Å². The van der Waals surface area contributed by atoms with Gasteiger partial charge in [-0.2, -0.15) is 0 Å². The van der Waals surface area contributed by atoms with Gasteiger partial charge in [-0.3, -0.25) is 9.59 Å². The predicted octanol–water partition coefficient (Wildman–Crippen LogP) is 2.21. The van der Waals surface area contributed by atoms with Crippen molar-refractivity contribution in [3.63, 3.8) is 0 Å². The van der Waals surface area contributed by atoms with Crippen LogP contribution < -0.4 is 0 Å². The molecule has 0 fully saturated rings. The first-order valence-corrected chi connectivity index (χ1v) is 5.33. The Labute approximate surface area is 94.2 Å². The molecule has 0 saturated heterocycles. The molecule has 88 valence electrons. The van der Waals surface area contributed by atoms with E-state index in [-0.39, 0.29) is 5.92 Å². The summed E-state index contributed by atoms with van der Waals surface area (Å²) in [7, 11) is 0. The Bertz CT molecular complexity index is 240. The lowest BCUT2D eigenvalue weighted by atomic mass is 9.78. The van der Waals surface area contributed by atoms with E-state index >= 15 is 0 Å². The third kappa shape index (κ3) is 2.84. The van der Waals surface area contributed by atoms with Crippen LogP contribution in [-0.2, 0) is 9.59 Å². The van der Waals surface area contributed by atoms with Crippen LogP contribution in [0.25, 0.3) is 0 Å². The molecule has 0 aliphatic carbocycles. The molecule has 0 aromatic carbocycles. The molecule has 2 atom stereocenters. The fraction of sp³-hybridized carbons (Fsp3) is 0.800. The van der Waals surface area contributed by atoms with Gasteiger partial charge in [0.1, 0.15) is 0 Å². The molecule has 0 heterocycles. The van der Waals surface area contributed by atoms with Gasteiger partial charge in [0.25, 0.3) is 0 Å². The van der Waals surface area contributed by atoms with Gasteiger partial charge in [-0.1, -0.05) is 27.2 Å². The minimum Gasteiger partial charge on any atom is -0.481 e. The number of aliphatic carboxylic acids is 2. The second-order valence-electron chi connectivity index (χ2n) is 3.70. The van der Waals surface area contributed by atoms with Crippen LogP contribution in [0.2, 0.25) is 0 Å². The highest BCUT2D eigenvalue weighted by Crippen LogP contribution is 2.39. The van der Waals surface area contributed by atoms with Crippen molar-refractivity contribution in [3.8, 4) is 0 Å². The summed E-state index contributed by atoms with van der Waals surface area (Å²) in [5, 5.41) is 17.8. The van der Waals surface area contributed by atoms with Crippen LogP contribution in [0.4, 0.5) is 0 Å². The molecule has 0 aromatic heterocycles. The zero-order valence-electron chi connectivity index (χ0n) is 9.16. The zero-order valence-corrected chi connectivity index (χ0v) is 9.91. The fourth-order valence-electron chi connectivity index (χ4n) is 1.69. The molecule has 4 nitrogen and oxygen atoms in total. The third-order valence-corrected chi connectivity index (χ3v) is 3.81. The Morgan fingerprint density at radius 3 is 1.87 bits per heavy atom. The van der Waals surface area contributed by atoms with E-state index in [1.807, 2.05) is 6.92 Å². The van der Waals surface area contributed by atoms with Crippen LogP contribution in [-0.4, -0.2) is 27.0 Å². The zero-order chi connectivity index (χ0) is 12.2. The molecule has 15 heavy (non-hydrogen) atoms. The normalized spacial score (nSPS) is 17.1. The van der Waals surface area contributed by atoms with E-state index in [2.05, 4.69) is 0 Å². The van der Waals surface area contributed by atoms with E-state index in [9.17, 15) is 9.59 Å². The van der Waals surface area contributed by atoms with Crippen molar-refractivity contribution in [2.24, 2.45) is 11.8 Å². The van der Waals surface area contributed by atoms with Crippen LogP contribution in [0.5, 0.6) is 0 Å². The highest BCUT2D eigenvalue weighted by molar-refractivity contribution is 6.27. The summed E-state index contributed by atoms with van der Waals surface area (Å²) < 4.78 is 0. The molecule has 0 amide bonds. The van der Waals surface area contributed by atoms with Crippen molar-refractivity contribution >= 4 is 23.5 Å². The van der Waals surface area contributed by atoms with E-state index in [0.717, 1.165) is 0 Å². The Morgan fingerprint density at radius 2 is 1.67 bits per heavy atom. The van der Waals surface area contributed by atoms with Crippen LogP contribution >= 0.6 is 11.6 Å². The Morgan fingerprint density at radius 1 is 1.27 bits per heavy atom. The molecule has 5 heteroatoms. The standard InChI is InChI=1S/C10H17ClO4/c1-4-6(3)10(11,5-2)7(8(12)13)9(14)15/h6-7H,4-5H2,1-3H3,(H,12,13)(H,14,15). The molecule has 2 N–H and O–H groups in total. The van der Waals surface area contributed by atoms with Crippen molar-refractivity contribution in [1.29, 1.82) is 0 Å². The summed E-state index contributed by atoms with van der Waals surface area (Å²) in [6, 6.07) is 0. The molecule has 0 aromatic rings. The summed E-state index contributed by atoms with van der Waals surface area (Å²) in [4.78, 5) is 20.6. The predicted molar refractivity (Wildman–Crippen MR) is 57.1 cm³/mol. The van der Waals surface area contributed by atoms with Gasteiger partial charge in [0, 0.05) is 0 Å². The molecule has 0 saturated carbocycles. The monoisotopic (exact) mass is 236 g/mol. The second-order valence-corrected chi connectivity index (χ2v) is 4.40. The first-order chi connectivity index (χ1) is 6.81.